The Morgan fingerprint density at radius 1 is 2.00 bits per heavy atom. The third kappa shape index (κ3) is 0.937. The fourth-order valence-corrected chi connectivity index (χ4v) is 0.870. The van der Waals surface area contributed by atoms with E-state index in [1.807, 2.05) is 11.8 Å². The summed E-state index contributed by atoms with van der Waals surface area (Å²) in [5, 5.41) is 8.15. The summed E-state index contributed by atoms with van der Waals surface area (Å²) in [6, 6.07) is 1.96. The van der Waals surface area contributed by atoms with Crippen molar-refractivity contribution in [3.63, 3.8) is 0 Å². The van der Waals surface area contributed by atoms with Crippen LogP contribution in [0.2, 0.25) is 0 Å². The van der Waals surface area contributed by atoms with Crippen LogP contribution in [0.4, 0.5) is 0 Å². The largest absolute Gasteiger partial charge is 0.210 e. The molecule has 0 aliphatic carbocycles. The standard InChI is InChI=1S/C4H3N2S/c5-3-4-1-2-7-6-4/h2H,1H2. The van der Waals surface area contributed by atoms with Gasteiger partial charge < -0.3 is 0 Å². The number of rotatable bonds is 0. The summed E-state index contributed by atoms with van der Waals surface area (Å²) in [6.45, 7) is 0. The van der Waals surface area contributed by atoms with Gasteiger partial charge >= 0.3 is 0 Å². The normalized spacial score (nSPS) is 18.4. The van der Waals surface area contributed by atoms with Gasteiger partial charge in [0.1, 0.15) is 11.8 Å². The van der Waals surface area contributed by atoms with Gasteiger partial charge in [-0.2, -0.15) is 5.26 Å². The highest BCUT2D eigenvalue weighted by molar-refractivity contribution is 8.00. The van der Waals surface area contributed by atoms with Gasteiger partial charge in [0.15, 0.2) is 0 Å². The molecule has 1 radical (unpaired) electrons. The first-order chi connectivity index (χ1) is 3.43. The van der Waals surface area contributed by atoms with E-state index in [0.717, 1.165) is 6.42 Å². The van der Waals surface area contributed by atoms with E-state index < -0.39 is 0 Å². The number of hydrogen-bond donors (Lipinski definition) is 0. The van der Waals surface area contributed by atoms with E-state index in [1.165, 1.54) is 11.9 Å². The molecule has 1 rings (SSSR count). The first-order valence-electron chi connectivity index (χ1n) is 1.88. The first-order valence-corrected chi connectivity index (χ1v) is 2.71. The van der Waals surface area contributed by atoms with Crippen molar-refractivity contribution in [3.8, 4) is 6.07 Å². The molecular weight excluding hydrogens is 108 g/mol. The minimum absolute atomic E-state index is 0.630. The van der Waals surface area contributed by atoms with Gasteiger partial charge in [-0.15, -0.1) is 0 Å². The van der Waals surface area contributed by atoms with Crippen molar-refractivity contribution in [1.82, 2.24) is 0 Å². The van der Waals surface area contributed by atoms with Crippen molar-refractivity contribution in [2.45, 2.75) is 6.42 Å². The fraction of sp³-hybridized carbons (Fsp3) is 0.250. The summed E-state index contributed by atoms with van der Waals surface area (Å²) in [4.78, 5) is 0. The molecule has 1 aliphatic rings. The Bertz CT molecular complexity index is 133. The molecule has 0 amide bonds. The van der Waals surface area contributed by atoms with Crippen molar-refractivity contribution in [2.24, 2.45) is 4.40 Å². The summed E-state index contributed by atoms with van der Waals surface area (Å²) in [7, 11) is 0. The molecule has 0 aromatic rings. The molecule has 0 saturated carbocycles. The second-order valence-electron chi connectivity index (χ2n) is 1.13. The van der Waals surface area contributed by atoms with E-state index in [2.05, 4.69) is 4.40 Å². The molecule has 0 aromatic carbocycles. The molecule has 0 saturated heterocycles. The van der Waals surface area contributed by atoms with E-state index >= 15 is 0 Å². The Morgan fingerprint density at radius 3 is 3.14 bits per heavy atom. The molecule has 0 bridgehead atoms. The second-order valence-corrected chi connectivity index (χ2v) is 1.85. The van der Waals surface area contributed by atoms with Crippen LogP contribution < -0.4 is 0 Å². The fourth-order valence-electron chi connectivity index (χ4n) is 0.320. The number of nitriles is 1. The Hall–Kier alpha value is -0.490. The van der Waals surface area contributed by atoms with E-state index in [0.29, 0.717) is 5.71 Å². The minimum atomic E-state index is 0.630. The lowest BCUT2D eigenvalue weighted by Gasteiger charge is -1.70. The average molecular weight is 111 g/mol. The van der Waals surface area contributed by atoms with Crippen LogP contribution in [0.25, 0.3) is 0 Å². The molecule has 0 spiro atoms. The van der Waals surface area contributed by atoms with Crippen LogP contribution in [-0.2, 0) is 0 Å². The number of nitrogens with zero attached hydrogens (tertiary/aromatic N) is 2. The van der Waals surface area contributed by atoms with Crippen LogP contribution in [0.1, 0.15) is 6.42 Å². The van der Waals surface area contributed by atoms with Crippen LogP contribution in [-0.4, -0.2) is 5.71 Å². The molecular formula is C4H3N2S. The van der Waals surface area contributed by atoms with Crippen LogP contribution in [0.15, 0.2) is 4.40 Å². The van der Waals surface area contributed by atoms with Gasteiger partial charge in [0.2, 0.25) is 0 Å². The van der Waals surface area contributed by atoms with Crippen LogP contribution in [0.5, 0.6) is 0 Å². The SMILES string of the molecule is N#CC1=NS[CH]C1. The van der Waals surface area contributed by atoms with Crippen molar-refractivity contribution in [1.29, 1.82) is 5.26 Å². The average Bonchev–Trinajstić information content (AvgIpc) is 2.14. The van der Waals surface area contributed by atoms with Gasteiger partial charge in [0.05, 0.1) is 0 Å². The number of hydrogen-bond acceptors (Lipinski definition) is 3. The van der Waals surface area contributed by atoms with Gasteiger partial charge in [-0.25, -0.2) is 4.40 Å². The summed E-state index contributed by atoms with van der Waals surface area (Å²) in [6.07, 6.45) is 0.737. The van der Waals surface area contributed by atoms with Gasteiger partial charge in [-0.3, -0.25) is 0 Å². The Balaban J connectivity index is 2.57. The monoisotopic (exact) mass is 111 g/mol. The van der Waals surface area contributed by atoms with Crippen molar-refractivity contribution in [3.05, 3.63) is 5.75 Å². The zero-order valence-electron chi connectivity index (χ0n) is 3.59. The second kappa shape index (κ2) is 1.99. The topological polar surface area (TPSA) is 36.1 Å². The predicted octanol–water partition coefficient (Wildman–Crippen LogP) is 1.16. The molecule has 0 N–H and O–H groups in total. The van der Waals surface area contributed by atoms with Crippen LogP contribution >= 0.6 is 11.9 Å². The smallest absolute Gasteiger partial charge is 0.127 e. The molecule has 0 aromatic heterocycles. The maximum Gasteiger partial charge on any atom is 0.127 e. The molecule has 0 atom stereocenters. The lowest BCUT2D eigenvalue weighted by Crippen LogP contribution is -1.83. The van der Waals surface area contributed by atoms with Gasteiger partial charge in [0, 0.05) is 12.2 Å². The van der Waals surface area contributed by atoms with Gasteiger partial charge in [-0.1, -0.05) is 0 Å². The molecule has 2 nitrogen and oxygen atoms in total. The van der Waals surface area contributed by atoms with Crippen LogP contribution in [0.3, 0.4) is 0 Å². The molecule has 1 heterocycles. The molecule has 1 aliphatic heterocycles. The lowest BCUT2D eigenvalue weighted by atomic mass is 10.3. The van der Waals surface area contributed by atoms with E-state index in [1.54, 1.807) is 0 Å². The Morgan fingerprint density at radius 2 is 2.86 bits per heavy atom. The Kier molecular flexibility index (Phi) is 1.32. The summed E-state index contributed by atoms with van der Waals surface area (Å²) in [5.41, 5.74) is 0.630. The quantitative estimate of drug-likeness (QED) is 0.440. The maximum atomic E-state index is 8.15. The van der Waals surface area contributed by atoms with E-state index in [9.17, 15) is 0 Å². The minimum Gasteiger partial charge on any atom is -0.210 e. The highest BCUT2D eigenvalue weighted by Gasteiger charge is 2.03. The summed E-state index contributed by atoms with van der Waals surface area (Å²) >= 11 is 1.35. The lowest BCUT2D eigenvalue weighted by molar-refractivity contribution is 1.46. The van der Waals surface area contributed by atoms with Gasteiger partial charge in [-0.05, 0) is 11.9 Å². The highest BCUT2D eigenvalue weighted by atomic mass is 32.2. The Labute approximate surface area is 46.4 Å². The van der Waals surface area contributed by atoms with E-state index in [-0.39, 0.29) is 0 Å². The highest BCUT2D eigenvalue weighted by Crippen LogP contribution is 2.18. The van der Waals surface area contributed by atoms with Crippen LogP contribution in [0, 0.1) is 17.1 Å². The molecule has 35 valence electrons. The molecule has 0 fully saturated rings. The summed E-state index contributed by atoms with van der Waals surface area (Å²) in [5.74, 6) is 1.90. The maximum absolute atomic E-state index is 8.15. The molecule has 0 unspecified atom stereocenters. The van der Waals surface area contributed by atoms with Gasteiger partial charge in [0.25, 0.3) is 0 Å². The molecule has 7 heavy (non-hydrogen) atoms. The van der Waals surface area contributed by atoms with Crippen molar-refractivity contribution in [2.75, 3.05) is 0 Å². The van der Waals surface area contributed by atoms with Crippen molar-refractivity contribution >= 4 is 17.7 Å². The predicted molar refractivity (Wildman–Crippen MR) is 29.6 cm³/mol. The third-order valence-electron chi connectivity index (χ3n) is 0.643. The van der Waals surface area contributed by atoms with E-state index in [4.69, 9.17) is 5.26 Å². The van der Waals surface area contributed by atoms with Crippen molar-refractivity contribution < 1.29 is 0 Å². The first kappa shape index (κ1) is 4.66. The third-order valence-corrected chi connectivity index (χ3v) is 1.28. The molecule has 3 heteroatoms. The zero-order valence-corrected chi connectivity index (χ0v) is 4.40. The zero-order chi connectivity index (χ0) is 5.11. The summed E-state index contributed by atoms with van der Waals surface area (Å²) < 4.78 is 3.77.